The van der Waals surface area contributed by atoms with E-state index in [1.807, 2.05) is 14.0 Å². The zero-order valence-corrected chi connectivity index (χ0v) is 13.4. The lowest BCUT2D eigenvalue weighted by Gasteiger charge is -2.25. The van der Waals surface area contributed by atoms with Crippen LogP contribution in [0.25, 0.3) is 0 Å². The summed E-state index contributed by atoms with van der Waals surface area (Å²) in [6, 6.07) is 0. The van der Waals surface area contributed by atoms with Gasteiger partial charge in [-0.3, -0.25) is 0 Å². The molecule has 0 spiro atoms. The Balaban J connectivity index is 2.30. The van der Waals surface area contributed by atoms with Gasteiger partial charge in [-0.15, -0.1) is 0 Å². The molecule has 0 aliphatic heterocycles. The summed E-state index contributed by atoms with van der Waals surface area (Å²) in [5, 5.41) is 3.15. The van der Waals surface area contributed by atoms with E-state index in [-0.39, 0.29) is 5.41 Å². The monoisotopic (exact) mass is 277 g/mol. The lowest BCUT2D eigenvalue weighted by atomic mass is 9.95. The van der Waals surface area contributed by atoms with Gasteiger partial charge in [0.2, 0.25) is 5.88 Å². The Morgan fingerprint density at radius 1 is 1.10 bits per heavy atom. The molecular weight excluding hydrogens is 250 g/mol. The maximum absolute atomic E-state index is 6.17. The van der Waals surface area contributed by atoms with Crippen molar-refractivity contribution in [3.63, 3.8) is 0 Å². The van der Waals surface area contributed by atoms with Crippen molar-refractivity contribution in [2.24, 2.45) is 0 Å². The van der Waals surface area contributed by atoms with Gasteiger partial charge in [-0.2, -0.15) is 4.98 Å². The second-order valence-electron chi connectivity index (χ2n) is 6.70. The SMILES string of the molecule is CNc1nc(C(C)(C)C)nc(OC2CCCCC2)c1C. The predicted octanol–water partition coefficient (Wildman–Crippen LogP) is 3.84. The highest BCUT2D eigenvalue weighted by Crippen LogP contribution is 2.30. The maximum atomic E-state index is 6.17. The normalized spacial score (nSPS) is 17.1. The lowest BCUT2D eigenvalue weighted by molar-refractivity contribution is 0.146. The third kappa shape index (κ3) is 3.41. The van der Waals surface area contributed by atoms with E-state index in [1.54, 1.807) is 0 Å². The molecule has 112 valence electrons. The van der Waals surface area contributed by atoms with Gasteiger partial charge in [0.05, 0.1) is 5.56 Å². The maximum Gasteiger partial charge on any atom is 0.222 e. The third-order valence-corrected chi connectivity index (χ3v) is 3.84. The average molecular weight is 277 g/mol. The smallest absolute Gasteiger partial charge is 0.222 e. The summed E-state index contributed by atoms with van der Waals surface area (Å²) in [7, 11) is 1.90. The molecule has 1 N–H and O–H groups in total. The Morgan fingerprint density at radius 3 is 2.30 bits per heavy atom. The summed E-state index contributed by atoms with van der Waals surface area (Å²) in [6.07, 6.45) is 6.46. The van der Waals surface area contributed by atoms with Gasteiger partial charge in [-0.25, -0.2) is 4.98 Å². The van der Waals surface area contributed by atoms with Gasteiger partial charge in [0, 0.05) is 12.5 Å². The molecule has 0 aromatic carbocycles. The Hall–Kier alpha value is -1.32. The summed E-state index contributed by atoms with van der Waals surface area (Å²) < 4.78 is 6.17. The minimum Gasteiger partial charge on any atom is -0.474 e. The van der Waals surface area contributed by atoms with Crippen molar-refractivity contribution in [2.45, 2.75) is 71.3 Å². The van der Waals surface area contributed by atoms with Gasteiger partial charge in [-0.1, -0.05) is 27.2 Å². The van der Waals surface area contributed by atoms with Gasteiger partial charge < -0.3 is 10.1 Å². The van der Waals surface area contributed by atoms with Gasteiger partial charge in [0.1, 0.15) is 17.7 Å². The molecule has 2 rings (SSSR count). The van der Waals surface area contributed by atoms with Crippen molar-refractivity contribution in [1.82, 2.24) is 9.97 Å². The first-order valence-electron chi connectivity index (χ1n) is 7.65. The van der Waals surface area contributed by atoms with Crippen LogP contribution >= 0.6 is 0 Å². The molecule has 0 unspecified atom stereocenters. The quantitative estimate of drug-likeness (QED) is 0.912. The van der Waals surface area contributed by atoms with E-state index in [0.717, 1.165) is 35.9 Å². The minimum atomic E-state index is -0.0794. The second kappa shape index (κ2) is 5.98. The van der Waals surface area contributed by atoms with Crippen molar-refractivity contribution >= 4 is 5.82 Å². The van der Waals surface area contributed by atoms with E-state index >= 15 is 0 Å². The zero-order chi connectivity index (χ0) is 14.8. The fourth-order valence-electron chi connectivity index (χ4n) is 2.53. The van der Waals surface area contributed by atoms with Crippen molar-refractivity contribution in [3.8, 4) is 5.88 Å². The zero-order valence-electron chi connectivity index (χ0n) is 13.4. The van der Waals surface area contributed by atoms with E-state index in [9.17, 15) is 0 Å². The van der Waals surface area contributed by atoms with E-state index in [4.69, 9.17) is 4.74 Å². The largest absolute Gasteiger partial charge is 0.474 e. The predicted molar refractivity (Wildman–Crippen MR) is 82.5 cm³/mol. The highest BCUT2D eigenvalue weighted by molar-refractivity contribution is 5.48. The number of hydrogen-bond acceptors (Lipinski definition) is 4. The van der Waals surface area contributed by atoms with E-state index < -0.39 is 0 Å². The van der Waals surface area contributed by atoms with E-state index in [1.165, 1.54) is 19.3 Å². The second-order valence-corrected chi connectivity index (χ2v) is 6.70. The van der Waals surface area contributed by atoms with Crippen LogP contribution in [0.15, 0.2) is 0 Å². The van der Waals surface area contributed by atoms with Crippen LogP contribution in [0.1, 0.15) is 64.3 Å². The first-order valence-corrected chi connectivity index (χ1v) is 7.65. The molecule has 20 heavy (non-hydrogen) atoms. The highest BCUT2D eigenvalue weighted by Gasteiger charge is 2.23. The number of rotatable bonds is 3. The van der Waals surface area contributed by atoms with Gasteiger partial charge >= 0.3 is 0 Å². The summed E-state index contributed by atoms with van der Waals surface area (Å²) in [4.78, 5) is 9.29. The molecule has 1 aliphatic rings. The van der Waals surface area contributed by atoms with Gasteiger partial charge in [-0.05, 0) is 32.6 Å². The van der Waals surface area contributed by atoms with Crippen molar-refractivity contribution in [2.75, 3.05) is 12.4 Å². The Bertz CT molecular complexity index is 460. The minimum absolute atomic E-state index is 0.0794. The van der Waals surface area contributed by atoms with Gasteiger partial charge in [0.15, 0.2) is 0 Å². The van der Waals surface area contributed by atoms with E-state index in [2.05, 4.69) is 36.1 Å². The van der Waals surface area contributed by atoms with Crippen LogP contribution in [0.4, 0.5) is 5.82 Å². The van der Waals surface area contributed by atoms with Crippen molar-refractivity contribution < 1.29 is 4.74 Å². The molecule has 0 radical (unpaired) electrons. The van der Waals surface area contributed by atoms with Crippen molar-refractivity contribution in [3.05, 3.63) is 11.4 Å². The standard InChI is InChI=1S/C16H27N3O/c1-11-13(17-5)18-15(16(2,3)4)19-14(11)20-12-9-7-6-8-10-12/h12H,6-10H2,1-5H3,(H,17,18,19). The Morgan fingerprint density at radius 2 is 1.75 bits per heavy atom. The number of nitrogens with one attached hydrogen (secondary N) is 1. The fraction of sp³-hybridized carbons (Fsp3) is 0.750. The molecule has 0 bridgehead atoms. The van der Waals surface area contributed by atoms with Crippen LogP contribution < -0.4 is 10.1 Å². The molecule has 1 aliphatic carbocycles. The Labute approximate surface area is 122 Å². The van der Waals surface area contributed by atoms with Crippen LogP contribution in [-0.2, 0) is 5.41 Å². The molecule has 4 heteroatoms. The molecule has 1 saturated carbocycles. The molecule has 0 saturated heterocycles. The number of aromatic nitrogens is 2. The van der Waals surface area contributed by atoms with Crippen molar-refractivity contribution in [1.29, 1.82) is 0 Å². The summed E-state index contributed by atoms with van der Waals surface area (Å²) in [6.45, 7) is 8.40. The molecular formula is C16H27N3O. The molecule has 1 aromatic rings. The first-order chi connectivity index (χ1) is 9.41. The molecule has 4 nitrogen and oxygen atoms in total. The third-order valence-electron chi connectivity index (χ3n) is 3.84. The molecule has 1 heterocycles. The van der Waals surface area contributed by atoms with Gasteiger partial charge in [0.25, 0.3) is 0 Å². The molecule has 1 aromatic heterocycles. The average Bonchev–Trinajstić information content (AvgIpc) is 2.41. The molecule has 1 fully saturated rings. The fourth-order valence-corrected chi connectivity index (χ4v) is 2.53. The summed E-state index contributed by atoms with van der Waals surface area (Å²) in [5.41, 5.74) is 0.926. The highest BCUT2D eigenvalue weighted by atomic mass is 16.5. The number of ether oxygens (including phenoxy) is 1. The Kier molecular flexibility index (Phi) is 4.51. The lowest BCUT2D eigenvalue weighted by Crippen LogP contribution is -2.23. The number of hydrogen-bond donors (Lipinski definition) is 1. The summed E-state index contributed by atoms with van der Waals surface area (Å²) in [5.74, 6) is 2.45. The van der Waals surface area contributed by atoms with E-state index in [0.29, 0.717) is 6.10 Å². The van der Waals surface area contributed by atoms with Crippen LogP contribution in [-0.4, -0.2) is 23.1 Å². The summed E-state index contributed by atoms with van der Waals surface area (Å²) >= 11 is 0. The van der Waals surface area contributed by atoms with Crippen LogP contribution in [0.5, 0.6) is 5.88 Å². The topological polar surface area (TPSA) is 47.0 Å². The van der Waals surface area contributed by atoms with Crippen LogP contribution in [0, 0.1) is 6.92 Å². The first kappa shape index (κ1) is 15.1. The van der Waals surface area contributed by atoms with Crippen LogP contribution in [0.3, 0.4) is 0 Å². The van der Waals surface area contributed by atoms with Crippen LogP contribution in [0.2, 0.25) is 0 Å². The number of nitrogens with zero attached hydrogens (tertiary/aromatic N) is 2. The molecule has 0 amide bonds. The number of anilines is 1. The molecule has 0 atom stereocenters.